The number of fused-ring (bicyclic) bond motifs is 1. The minimum absolute atomic E-state index is 0.0174. The molecular weight excluding hydrogens is 432 g/mol. The number of methoxy groups -OCH3 is 2. The van der Waals surface area contributed by atoms with E-state index in [1.165, 1.54) is 24.6 Å². The van der Waals surface area contributed by atoms with Gasteiger partial charge in [0.1, 0.15) is 0 Å². The number of esters is 2. The molecule has 3 rings (SSSR count). The van der Waals surface area contributed by atoms with Crippen LogP contribution >= 0.6 is 11.6 Å². The van der Waals surface area contributed by atoms with E-state index < -0.39 is 34.0 Å². The van der Waals surface area contributed by atoms with Gasteiger partial charge in [-0.1, -0.05) is 23.7 Å². The Morgan fingerprint density at radius 2 is 1.53 bits per heavy atom. The van der Waals surface area contributed by atoms with E-state index in [0.717, 1.165) is 10.8 Å². The summed E-state index contributed by atoms with van der Waals surface area (Å²) in [6.07, 6.45) is -0.0349. The largest absolute Gasteiger partial charge is 0.469 e. The third kappa shape index (κ3) is 5.10. The lowest BCUT2D eigenvalue weighted by molar-refractivity contribution is -0.141. The third-order valence-corrected chi connectivity index (χ3v) is 7.08. The van der Waals surface area contributed by atoms with Gasteiger partial charge in [0.25, 0.3) is 0 Å². The fourth-order valence-electron chi connectivity index (χ4n) is 3.52. The molecule has 0 saturated carbocycles. The van der Waals surface area contributed by atoms with Crippen LogP contribution in [0.4, 0.5) is 0 Å². The molecule has 2 aromatic carbocycles. The van der Waals surface area contributed by atoms with Crippen LogP contribution in [0.15, 0.2) is 41.3 Å². The minimum atomic E-state index is -3.86. The SMILES string of the molecule is COC(=O)CC1CN(S(=O)(=O)c2ccc3cc(Cl)ccc3c2)CC(CC(=O)OC)N1. The molecule has 0 amide bonds. The Morgan fingerprint density at radius 3 is 2.10 bits per heavy atom. The summed E-state index contributed by atoms with van der Waals surface area (Å²) in [4.78, 5) is 23.6. The van der Waals surface area contributed by atoms with Gasteiger partial charge in [-0.2, -0.15) is 4.31 Å². The van der Waals surface area contributed by atoms with Crippen molar-refractivity contribution in [2.75, 3.05) is 27.3 Å². The molecule has 0 radical (unpaired) electrons. The second-order valence-electron chi connectivity index (χ2n) is 7.10. The number of hydrogen-bond acceptors (Lipinski definition) is 7. The fraction of sp³-hybridized carbons (Fsp3) is 0.400. The summed E-state index contributed by atoms with van der Waals surface area (Å²) < 4.78 is 37.4. The molecule has 1 fully saturated rings. The van der Waals surface area contributed by atoms with E-state index in [1.807, 2.05) is 0 Å². The molecule has 0 spiro atoms. The van der Waals surface area contributed by atoms with Crippen LogP contribution in [-0.4, -0.2) is 64.1 Å². The van der Waals surface area contributed by atoms with Gasteiger partial charge < -0.3 is 14.8 Å². The first-order valence-electron chi connectivity index (χ1n) is 9.32. The molecule has 8 nitrogen and oxygen atoms in total. The first kappa shape index (κ1) is 22.5. The molecule has 0 bridgehead atoms. The highest BCUT2D eigenvalue weighted by molar-refractivity contribution is 7.89. The molecule has 1 heterocycles. The van der Waals surface area contributed by atoms with Crippen molar-refractivity contribution in [1.29, 1.82) is 0 Å². The van der Waals surface area contributed by atoms with Crippen molar-refractivity contribution in [1.82, 2.24) is 9.62 Å². The Hall–Kier alpha value is -2.20. The number of piperazine rings is 1. The summed E-state index contributed by atoms with van der Waals surface area (Å²) in [6, 6.07) is 9.06. The molecule has 1 saturated heterocycles. The Balaban J connectivity index is 1.90. The Kier molecular flexibility index (Phi) is 6.97. The third-order valence-electron chi connectivity index (χ3n) is 5.01. The van der Waals surface area contributed by atoms with Gasteiger partial charge >= 0.3 is 11.9 Å². The topological polar surface area (TPSA) is 102 Å². The van der Waals surface area contributed by atoms with Gasteiger partial charge in [-0.05, 0) is 35.0 Å². The van der Waals surface area contributed by atoms with E-state index in [2.05, 4.69) is 5.32 Å². The summed E-state index contributed by atoms with van der Waals surface area (Å²) in [5.41, 5.74) is 0. The number of benzene rings is 2. The van der Waals surface area contributed by atoms with Gasteiger partial charge in [0.15, 0.2) is 0 Å². The molecule has 30 heavy (non-hydrogen) atoms. The van der Waals surface area contributed by atoms with Crippen LogP contribution in [0.3, 0.4) is 0 Å². The lowest BCUT2D eigenvalue weighted by atomic mass is 10.1. The second kappa shape index (κ2) is 9.30. The average molecular weight is 455 g/mol. The molecule has 0 aromatic heterocycles. The molecular formula is C20H23ClN2O6S. The summed E-state index contributed by atoms with van der Waals surface area (Å²) in [5, 5.41) is 5.29. The number of nitrogens with one attached hydrogen (secondary N) is 1. The number of nitrogens with zero attached hydrogens (tertiary/aromatic N) is 1. The lowest BCUT2D eigenvalue weighted by Gasteiger charge is -2.37. The van der Waals surface area contributed by atoms with Crippen LogP contribution in [0, 0.1) is 0 Å². The van der Waals surface area contributed by atoms with Gasteiger partial charge in [-0.15, -0.1) is 0 Å². The van der Waals surface area contributed by atoms with Crippen LogP contribution in [0.25, 0.3) is 10.8 Å². The minimum Gasteiger partial charge on any atom is -0.469 e. The zero-order valence-electron chi connectivity index (χ0n) is 16.6. The maximum atomic E-state index is 13.3. The average Bonchev–Trinajstić information content (AvgIpc) is 2.72. The second-order valence-corrected chi connectivity index (χ2v) is 9.47. The molecule has 0 aliphatic carbocycles. The smallest absolute Gasteiger partial charge is 0.307 e. The van der Waals surface area contributed by atoms with Crippen molar-refractivity contribution < 1.29 is 27.5 Å². The van der Waals surface area contributed by atoms with Crippen LogP contribution in [0.2, 0.25) is 5.02 Å². The zero-order chi connectivity index (χ0) is 21.9. The predicted octanol–water partition coefficient (Wildman–Crippen LogP) is 1.95. The highest BCUT2D eigenvalue weighted by Gasteiger charge is 2.36. The maximum absolute atomic E-state index is 13.3. The van der Waals surface area contributed by atoms with E-state index >= 15 is 0 Å². The Labute approximate surface area is 180 Å². The number of carbonyl (C=O) groups excluding carboxylic acids is 2. The van der Waals surface area contributed by atoms with Crippen LogP contribution in [0.5, 0.6) is 0 Å². The van der Waals surface area contributed by atoms with E-state index in [1.54, 1.807) is 30.3 Å². The molecule has 162 valence electrons. The van der Waals surface area contributed by atoms with Crippen LogP contribution in [-0.2, 0) is 29.1 Å². The van der Waals surface area contributed by atoms with Crippen molar-refractivity contribution >= 4 is 44.3 Å². The highest BCUT2D eigenvalue weighted by atomic mass is 35.5. The van der Waals surface area contributed by atoms with Crippen molar-refractivity contribution in [3.05, 3.63) is 41.4 Å². The number of sulfonamides is 1. The Bertz CT molecular complexity index is 1030. The number of carbonyl (C=O) groups is 2. The van der Waals surface area contributed by atoms with Crippen LogP contribution < -0.4 is 5.32 Å². The molecule has 2 atom stereocenters. The Morgan fingerprint density at radius 1 is 1.00 bits per heavy atom. The van der Waals surface area contributed by atoms with Gasteiger partial charge in [0, 0.05) is 30.2 Å². The van der Waals surface area contributed by atoms with Gasteiger partial charge in [0.2, 0.25) is 10.0 Å². The number of halogens is 1. The monoisotopic (exact) mass is 454 g/mol. The predicted molar refractivity (Wildman–Crippen MR) is 112 cm³/mol. The van der Waals surface area contributed by atoms with Crippen molar-refractivity contribution in [2.24, 2.45) is 0 Å². The fourth-order valence-corrected chi connectivity index (χ4v) is 5.27. The number of ether oxygens (including phenoxy) is 2. The summed E-state index contributed by atoms with van der Waals surface area (Å²) in [7, 11) is -1.32. The van der Waals surface area contributed by atoms with Gasteiger partial charge in [-0.3, -0.25) is 9.59 Å². The highest BCUT2D eigenvalue weighted by Crippen LogP contribution is 2.26. The molecule has 2 unspecified atom stereocenters. The van der Waals surface area contributed by atoms with Crippen LogP contribution in [0.1, 0.15) is 12.8 Å². The first-order valence-corrected chi connectivity index (χ1v) is 11.1. The van der Waals surface area contributed by atoms with Crippen molar-refractivity contribution in [3.8, 4) is 0 Å². The van der Waals surface area contributed by atoms with E-state index in [9.17, 15) is 18.0 Å². The number of rotatable bonds is 6. The van der Waals surface area contributed by atoms with Gasteiger partial charge in [-0.25, -0.2) is 8.42 Å². The summed E-state index contributed by atoms with van der Waals surface area (Å²) >= 11 is 6.00. The first-order chi connectivity index (χ1) is 14.2. The quantitative estimate of drug-likeness (QED) is 0.665. The van der Waals surface area contributed by atoms with Crippen molar-refractivity contribution in [2.45, 2.75) is 29.8 Å². The summed E-state index contributed by atoms with van der Waals surface area (Å²) in [5.74, 6) is -0.933. The normalized spacial score (nSPS) is 20.1. The zero-order valence-corrected chi connectivity index (χ0v) is 18.2. The molecule has 2 aromatic rings. The molecule has 10 heteroatoms. The number of hydrogen-bond donors (Lipinski definition) is 1. The van der Waals surface area contributed by atoms with Crippen molar-refractivity contribution in [3.63, 3.8) is 0 Å². The standard InChI is InChI=1S/C20H23ClN2O6S/c1-28-19(24)9-16-11-23(12-17(22-16)10-20(25)29-2)30(26,27)18-6-4-13-7-15(21)5-3-14(13)8-18/h3-8,16-17,22H,9-12H2,1-2H3. The van der Waals surface area contributed by atoms with Gasteiger partial charge in [0.05, 0.1) is 32.0 Å². The molecule has 1 aliphatic heterocycles. The maximum Gasteiger partial charge on any atom is 0.307 e. The van der Waals surface area contributed by atoms with E-state index in [-0.39, 0.29) is 30.8 Å². The van der Waals surface area contributed by atoms with E-state index in [4.69, 9.17) is 21.1 Å². The molecule has 1 N–H and O–H groups in total. The lowest BCUT2D eigenvalue weighted by Crippen LogP contribution is -2.58. The summed E-state index contributed by atoms with van der Waals surface area (Å²) in [6.45, 7) is 0.154. The van der Waals surface area contributed by atoms with E-state index in [0.29, 0.717) is 5.02 Å². The molecule has 1 aliphatic rings.